The van der Waals surface area contributed by atoms with Gasteiger partial charge in [-0.15, -0.1) is 0 Å². The topological polar surface area (TPSA) is 89.7 Å². The fourth-order valence-electron chi connectivity index (χ4n) is 2.39. The van der Waals surface area contributed by atoms with Crippen molar-refractivity contribution in [1.82, 2.24) is 9.71 Å². The average molecular weight is 328 g/mol. The number of aromatic amines is 1. The highest BCUT2D eigenvalue weighted by molar-refractivity contribution is 7.88. The van der Waals surface area contributed by atoms with E-state index in [-0.39, 0.29) is 0 Å². The van der Waals surface area contributed by atoms with Gasteiger partial charge in [-0.1, -0.05) is 0 Å². The second-order valence-corrected chi connectivity index (χ2v) is 6.63. The first kappa shape index (κ1) is 16.4. The molecule has 1 aromatic carbocycles. The molecule has 0 bridgehead atoms. The van der Waals surface area contributed by atoms with E-state index in [9.17, 15) is 8.42 Å². The molecule has 2 aromatic rings. The molecule has 1 heterocycles. The molecule has 0 spiro atoms. The number of hydrogen-bond donors (Lipinski definition) is 2. The molecule has 1 aromatic heterocycles. The summed E-state index contributed by atoms with van der Waals surface area (Å²) in [7, 11) is 1.46. The van der Waals surface area contributed by atoms with Crippen LogP contribution in [0.4, 0.5) is 0 Å². The molecule has 2 N–H and O–H groups in total. The van der Waals surface area contributed by atoms with E-state index < -0.39 is 10.0 Å². The van der Waals surface area contributed by atoms with Crippen molar-refractivity contribution in [2.75, 3.05) is 34.1 Å². The molecule has 0 radical (unpaired) electrons. The van der Waals surface area contributed by atoms with Crippen LogP contribution in [0.15, 0.2) is 12.3 Å². The van der Waals surface area contributed by atoms with E-state index in [2.05, 4.69) is 9.71 Å². The molecule has 0 aliphatic rings. The summed E-state index contributed by atoms with van der Waals surface area (Å²) in [6.45, 7) is 0.309. The normalized spacial score (nSPS) is 11.6. The molecule has 8 heteroatoms. The van der Waals surface area contributed by atoms with Crippen molar-refractivity contribution < 1.29 is 22.6 Å². The zero-order valence-electron chi connectivity index (χ0n) is 13.0. The van der Waals surface area contributed by atoms with E-state index in [1.54, 1.807) is 21.3 Å². The number of methoxy groups -OCH3 is 3. The number of fused-ring (bicyclic) bond motifs is 1. The van der Waals surface area contributed by atoms with Crippen molar-refractivity contribution in [2.45, 2.75) is 6.42 Å². The fraction of sp³-hybridized carbons (Fsp3) is 0.429. The zero-order valence-corrected chi connectivity index (χ0v) is 13.8. The van der Waals surface area contributed by atoms with Crippen LogP contribution >= 0.6 is 0 Å². The van der Waals surface area contributed by atoms with Gasteiger partial charge in [-0.2, -0.15) is 0 Å². The van der Waals surface area contributed by atoms with E-state index in [0.29, 0.717) is 30.2 Å². The van der Waals surface area contributed by atoms with Gasteiger partial charge in [0.25, 0.3) is 0 Å². The lowest BCUT2D eigenvalue weighted by molar-refractivity contribution is 0.327. The highest BCUT2D eigenvalue weighted by atomic mass is 32.2. The molecule has 2 rings (SSSR count). The number of rotatable bonds is 7. The second-order valence-electron chi connectivity index (χ2n) is 4.80. The van der Waals surface area contributed by atoms with Gasteiger partial charge in [0.15, 0.2) is 11.5 Å². The maximum absolute atomic E-state index is 11.2. The van der Waals surface area contributed by atoms with Crippen LogP contribution in [0.2, 0.25) is 0 Å². The minimum Gasteiger partial charge on any atom is -0.493 e. The first-order chi connectivity index (χ1) is 10.4. The van der Waals surface area contributed by atoms with Gasteiger partial charge in [-0.05, 0) is 12.0 Å². The first-order valence-corrected chi connectivity index (χ1v) is 8.54. The van der Waals surface area contributed by atoms with Gasteiger partial charge in [0.2, 0.25) is 15.8 Å². The van der Waals surface area contributed by atoms with Crippen molar-refractivity contribution in [3.05, 3.63) is 17.8 Å². The number of H-pyrrole nitrogens is 1. The zero-order chi connectivity index (χ0) is 16.3. The number of aromatic nitrogens is 1. The summed E-state index contributed by atoms with van der Waals surface area (Å²) in [6.07, 6.45) is 3.49. The number of benzene rings is 1. The van der Waals surface area contributed by atoms with Gasteiger partial charge in [0.05, 0.1) is 33.1 Å². The number of ether oxygens (including phenoxy) is 3. The predicted octanol–water partition coefficient (Wildman–Crippen LogP) is 1.29. The van der Waals surface area contributed by atoms with Gasteiger partial charge in [-0.3, -0.25) is 0 Å². The lowest BCUT2D eigenvalue weighted by Gasteiger charge is -2.14. The second kappa shape index (κ2) is 6.45. The van der Waals surface area contributed by atoms with Gasteiger partial charge in [0.1, 0.15) is 0 Å². The van der Waals surface area contributed by atoms with Crippen LogP contribution in [-0.2, 0) is 16.4 Å². The number of hydrogen-bond acceptors (Lipinski definition) is 5. The van der Waals surface area contributed by atoms with Crippen LogP contribution in [0, 0.1) is 0 Å². The van der Waals surface area contributed by atoms with E-state index >= 15 is 0 Å². The van der Waals surface area contributed by atoms with Crippen LogP contribution in [0.5, 0.6) is 17.2 Å². The van der Waals surface area contributed by atoms with Crippen molar-refractivity contribution >= 4 is 20.9 Å². The van der Waals surface area contributed by atoms with Crippen LogP contribution in [-0.4, -0.2) is 47.5 Å². The Hall–Kier alpha value is -1.93. The van der Waals surface area contributed by atoms with E-state index in [0.717, 1.165) is 22.7 Å². The molecule has 0 aliphatic carbocycles. The summed E-state index contributed by atoms with van der Waals surface area (Å²) < 4.78 is 40.9. The Balaban J connectivity index is 2.45. The van der Waals surface area contributed by atoms with Crippen molar-refractivity contribution in [3.8, 4) is 17.2 Å². The Morgan fingerprint density at radius 2 is 1.82 bits per heavy atom. The average Bonchev–Trinajstić information content (AvgIpc) is 2.86. The molecule has 0 atom stereocenters. The van der Waals surface area contributed by atoms with Crippen molar-refractivity contribution in [3.63, 3.8) is 0 Å². The lowest BCUT2D eigenvalue weighted by Crippen LogP contribution is -2.24. The first-order valence-electron chi connectivity index (χ1n) is 6.64. The SMILES string of the molecule is COc1cc2[nH]cc(CCNS(C)(=O)=O)c2c(OC)c1OC. The minimum atomic E-state index is -3.21. The third kappa shape index (κ3) is 3.28. The third-order valence-electron chi connectivity index (χ3n) is 3.31. The van der Waals surface area contributed by atoms with Crippen LogP contribution in [0.25, 0.3) is 10.9 Å². The molecule has 0 amide bonds. The molecule has 0 fully saturated rings. The standard InChI is InChI=1S/C14H20N2O5S/c1-19-11-7-10-12(14(21-3)13(11)20-2)9(8-15-10)5-6-16-22(4,17)18/h7-8,15-16H,5-6H2,1-4H3. The summed E-state index contributed by atoms with van der Waals surface area (Å²) >= 11 is 0. The molecular formula is C14H20N2O5S. The van der Waals surface area contributed by atoms with Gasteiger partial charge >= 0.3 is 0 Å². The van der Waals surface area contributed by atoms with Crippen LogP contribution < -0.4 is 18.9 Å². The number of sulfonamides is 1. The van der Waals surface area contributed by atoms with Crippen LogP contribution in [0.1, 0.15) is 5.56 Å². The minimum absolute atomic E-state index is 0.309. The van der Waals surface area contributed by atoms with Crippen molar-refractivity contribution in [1.29, 1.82) is 0 Å². The Bertz CT molecular complexity index is 767. The number of nitrogens with one attached hydrogen (secondary N) is 2. The Morgan fingerprint density at radius 3 is 2.36 bits per heavy atom. The molecule has 22 heavy (non-hydrogen) atoms. The highest BCUT2D eigenvalue weighted by Crippen LogP contribution is 2.44. The third-order valence-corrected chi connectivity index (χ3v) is 4.04. The predicted molar refractivity (Wildman–Crippen MR) is 84.5 cm³/mol. The summed E-state index contributed by atoms with van der Waals surface area (Å²) in [5.41, 5.74) is 1.77. The molecule has 0 aliphatic heterocycles. The largest absolute Gasteiger partial charge is 0.493 e. The molecule has 122 valence electrons. The van der Waals surface area contributed by atoms with Gasteiger partial charge in [0, 0.05) is 24.2 Å². The quantitative estimate of drug-likeness (QED) is 0.799. The molecular weight excluding hydrogens is 308 g/mol. The van der Waals surface area contributed by atoms with Crippen molar-refractivity contribution in [2.24, 2.45) is 0 Å². The molecule has 0 unspecified atom stereocenters. The summed E-state index contributed by atoms with van der Waals surface area (Å²) in [5.74, 6) is 1.64. The van der Waals surface area contributed by atoms with E-state index in [4.69, 9.17) is 14.2 Å². The maximum Gasteiger partial charge on any atom is 0.208 e. The molecule has 0 saturated carbocycles. The highest BCUT2D eigenvalue weighted by Gasteiger charge is 2.19. The fourth-order valence-corrected chi connectivity index (χ4v) is 2.87. The van der Waals surface area contributed by atoms with E-state index in [1.807, 2.05) is 12.3 Å². The molecule has 0 saturated heterocycles. The monoisotopic (exact) mass is 328 g/mol. The maximum atomic E-state index is 11.2. The Kier molecular flexibility index (Phi) is 4.82. The van der Waals surface area contributed by atoms with E-state index in [1.165, 1.54) is 0 Å². The Morgan fingerprint density at radius 1 is 1.14 bits per heavy atom. The molecule has 7 nitrogen and oxygen atoms in total. The van der Waals surface area contributed by atoms with Gasteiger partial charge in [-0.25, -0.2) is 13.1 Å². The van der Waals surface area contributed by atoms with Crippen LogP contribution in [0.3, 0.4) is 0 Å². The van der Waals surface area contributed by atoms with Gasteiger partial charge < -0.3 is 19.2 Å². The summed E-state index contributed by atoms with van der Waals surface area (Å²) in [6, 6.07) is 1.82. The summed E-state index contributed by atoms with van der Waals surface area (Å²) in [5, 5.41) is 0.857. The smallest absolute Gasteiger partial charge is 0.208 e. The summed E-state index contributed by atoms with van der Waals surface area (Å²) in [4.78, 5) is 3.14. The lowest BCUT2D eigenvalue weighted by atomic mass is 10.1. The Labute approximate surface area is 129 Å².